The van der Waals surface area contributed by atoms with E-state index in [0.29, 0.717) is 10.8 Å². The minimum Gasteiger partial charge on any atom is -0.388 e. The van der Waals surface area contributed by atoms with Crippen LogP contribution in [0.1, 0.15) is 0 Å². The maximum absolute atomic E-state index is 8.10. The van der Waals surface area contributed by atoms with Gasteiger partial charge in [0.15, 0.2) is 0 Å². The van der Waals surface area contributed by atoms with Crippen LogP contribution in [0, 0.1) is 11.5 Å². The van der Waals surface area contributed by atoms with Crippen LogP contribution in [0.3, 0.4) is 0 Å². The molecule has 2 nitrogen and oxygen atoms in total. The molecule has 0 N–H and O–H groups in total. The molecule has 10 heavy (non-hydrogen) atoms. The fourth-order valence-corrected chi connectivity index (χ4v) is 0.763. The van der Waals surface area contributed by atoms with E-state index < -0.39 is 0 Å². The van der Waals surface area contributed by atoms with Crippen molar-refractivity contribution in [3.05, 3.63) is 29.3 Å². The molecule has 0 fully saturated rings. The van der Waals surface area contributed by atoms with Gasteiger partial charge in [-0.25, -0.2) is 0 Å². The lowest BCUT2D eigenvalue weighted by Gasteiger charge is -1.93. The summed E-state index contributed by atoms with van der Waals surface area (Å²) in [7, 11) is 0. The Morgan fingerprint density at radius 3 is 2.90 bits per heavy atom. The maximum atomic E-state index is 8.10. The Balaban J connectivity index is 2.87. The van der Waals surface area contributed by atoms with Crippen LogP contribution in [0.2, 0.25) is 5.02 Å². The molecule has 0 spiro atoms. The highest BCUT2D eigenvalue weighted by molar-refractivity contribution is 6.30. The molecule has 0 bridgehead atoms. The average molecular weight is 154 g/mol. The van der Waals surface area contributed by atoms with Crippen LogP contribution in [0.25, 0.3) is 0 Å². The third-order valence-electron chi connectivity index (χ3n) is 0.960. The normalized spacial score (nSPS) is 8.40. The van der Waals surface area contributed by atoms with Crippen molar-refractivity contribution in [2.75, 3.05) is 0 Å². The predicted molar refractivity (Wildman–Crippen MR) is 37.7 cm³/mol. The van der Waals surface area contributed by atoms with Crippen LogP contribution >= 0.6 is 11.6 Å². The van der Waals surface area contributed by atoms with Crippen molar-refractivity contribution in [2.24, 2.45) is 0 Å². The number of hydrogen-bond acceptors (Lipinski definition) is 2. The minimum atomic E-state index is 0.468. The number of hydrogen-bond donors (Lipinski definition) is 0. The van der Waals surface area contributed by atoms with E-state index >= 15 is 0 Å². The van der Waals surface area contributed by atoms with E-state index in [2.05, 4.69) is 4.74 Å². The molecule has 0 aliphatic heterocycles. The summed E-state index contributed by atoms with van der Waals surface area (Å²) in [4.78, 5) is 0. The molecule has 0 aliphatic carbocycles. The molecule has 0 aliphatic rings. The molecule has 0 aromatic heterocycles. The SMILES string of the molecule is N#COc1cccc(Cl)c1. The quantitative estimate of drug-likeness (QED) is 0.580. The number of rotatable bonds is 1. The summed E-state index contributed by atoms with van der Waals surface area (Å²) in [5.41, 5.74) is 0. The van der Waals surface area contributed by atoms with E-state index in [0.717, 1.165) is 0 Å². The van der Waals surface area contributed by atoms with Gasteiger partial charge in [-0.3, -0.25) is 0 Å². The second-order valence-corrected chi connectivity index (χ2v) is 2.09. The Bertz CT molecular complexity index is 267. The van der Waals surface area contributed by atoms with Gasteiger partial charge < -0.3 is 4.74 Å². The van der Waals surface area contributed by atoms with Crippen LogP contribution in [0.15, 0.2) is 24.3 Å². The lowest BCUT2D eigenvalue weighted by Crippen LogP contribution is -1.79. The highest BCUT2D eigenvalue weighted by Gasteiger charge is 1.91. The number of halogens is 1. The highest BCUT2D eigenvalue weighted by Crippen LogP contribution is 2.16. The third kappa shape index (κ3) is 1.64. The highest BCUT2D eigenvalue weighted by atomic mass is 35.5. The van der Waals surface area contributed by atoms with Crippen molar-refractivity contribution in [1.29, 1.82) is 5.26 Å². The Morgan fingerprint density at radius 1 is 1.50 bits per heavy atom. The van der Waals surface area contributed by atoms with Crippen molar-refractivity contribution in [2.45, 2.75) is 0 Å². The summed E-state index contributed by atoms with van der Waals surface area (Å²) in [6, 6.07) is 6.67. The number of benzene rings is 1. The van der Waals surface area contributed by atoms with E-state index in [-0.39, 0.29) is 0 Å². The molecule has 0 amide bonds. The van der Waals surface area contributed by atoms with Crippen molar-refractivity contribution >= 4 is 11.6 Å². The predicted octanol–water partition coefficient (Wildman–Crippen LogP) is 2.20. The lowest BCUT2D eigenvalue weighted by molar-refractivity contribution is 0.507. The van der Waals surface area contributed by atoms with Gasteiger partial charge in [-0.1, -0.05) is 17.7 Å². The zero-order valence-electron chi connectivity index (χ0n) is 5.04. The van der Waals surface area contributed by atoms with E-state index in [1.54, 1.807) is 30.5 Å². The van der Waals surface area contributed by atoms with Gasteiger partial charge in [-0.2, -0.15) is 0 Å². The fourth-order valence-electron chi connectivity index (χ4n) is 0.583. The van der Waals surface area contributed by atoms with Gasteiger partial charge in [-0.05, 0) is 12.1 Å². The Labute approximate surface area is 63.6 Å². The van der Waals surface area contributed by atoms with Gasteiger partial charge in [-0.15, -0.1) is 5.26 Å². The smallest absolute Gasteiger partial charge is 0.292 e. The summed E-state index contributed by atoms with van der Waals surface area (Å²) in [5.74, 6) is 0.468. The molecule has 0 unspecified atom stereocenters. The molecule has 1 aromatic carbocycles. The fraction of sp³-hybridized carbons (Fsp3) is 0. The van der Waals surface area contributed by atoms with Gasteiger partial charge in [0.05, 0.1) is 0 Å². The molecular formula is C7H4ClNO. The van der Waals surface area contributed by atoms with E-state index in [1.807, 2.05) is 0 Å². The third-order valence-corrected chi connectivity index (χ3v) is 1.19. The Kier molecular flexibility index (Phi) is 2.14. The van der Waals surface area contributed by atoms with Crippen molar-refractivity contribution in [3.63, 3.8) is 0 Å². The van der Waals surface area contributed by atoms with Crippen LogP contribution in [-0.4, -0.2) is 0 Å². The van der Waals surface area contributed by atoms with Crippen LogP contribution in [-0.2, 0) is 0 Å². The zero-order valence-corrected chi connectivity index (χ0v) is 5.80. The summed E-state index contributed by atoms with van der Waals surface area (Å²) < 4.78 is 4.51. The summed E-state index contributed by atoms with van der Waals surface area (Å²) in [6.45, 7) is 0. The lowest BCUT2D eigenvalue weighted by atomic mass is 10.3. The minimum absolute atomic E-state index is 0.468. The molecule has 50 valence electrons. The van der Waals surface area contributed by atoms with Gasteiger partial charge in [0.25, 0.3) is 6.26 Å². The van der Waals surface area contributed by atoms with Gasteiger partial charge in [0.1, 0.15) is 5.75 Å². The molecule has 0 heterocycles. The molecule has 1 rings (SSSR count). The van der Waals surface area contributed by atoms with E-state index in [1.165, 1.54) is 0 Å². The molecule has 0 radical (unpaired) electrons. The second kappa shape index (κ2) is 3.09. The second-order valence-electron chi connectivity index (χ2n) is 1.65. The molecule has 3 heteroatoms. The number of nitriles is 1. The van der Waals surface area contributed by atoms with Crippen molar-refractivity contribution in [3.8, 4) is 12.0 Å². The van der Waals surface area contributed by atoms with Gasteiger partial charge in [0, 0.05) is 11.1 Å². The largest absolute Gasteiger partial charge is 0.388 e. The van der Waals surface area contributed by atoms with Crippen molar-refractivity contribution < 1.29 is 4.74 Å². The Hall–Kier alpha value is -1.20. The van der Waals surface area contributed by atoms with Crippen LogP contribution in [0.4, 0.5) is 0 Å². The summed E-state index contributed by atoms with van der Waals surface area (Å²) in [5, 5.41) is 8.66. The first-order chi connectivity index (χ1) is 4.83. The first-order valence-corrected chi connectivity index (χ1v) is 3.02. The number of nitrogens with zero attached hydrogens (tertiary/aromatic N) is 1. The molecule has 1 aromatic rings. The number of ether oxygens (including phenoxy) is 1. The summed E-state index contributed by atoms with van der Waals surface area (Å²) >= 11 is 5.59. The molecule has 0 saturated heterocycles. The average Bonchev–Trinajstić information content (AvgIpc) is 1.88. The molecule has 0 atom stereocenters. The van der Waals surface area contributed by atoms with Gasteiger partial charge >= 0.3 is 0 Å². The monoisotopic (exact) mass is 153 g/mol. The topological polar surface area (TPSA) is 33.0 Å². The van der Waals surface area contributed by atoms with E-state index in [9.17, 15) is 0 Å². The maximum Gasteiger partial charge on any atom is 0.292 e. The molecule has 0 saturated carbocycles. The Morgan fingerprint density at radius 2 is 2.30 bits per heavy atom. The standard InChI is InChI=1S/C7H4ClNO/c8-6-2-1-3-7(4-6)10-5-9/h1-4H. The first kappa shape index (κ1) is 6.91. The van der Waals surface area contributed by atoms with E-state index in [4.69, 9.17) is 16.9 Å². The van der Waals surface area contributed by atoms with Gasteiger partial charge in [0.2, 0.25) is 0 Å². The zero-order chi connectivity index (χ0) is 7.40. The van der Waals surface area contributed by atoms with Crippen LogP contribution < -0.4 is 4.74 Å². The van der Waals surface area contributed by atoms with Crippen LogP contribution in [0.5, 0.6) is 5.75 Å². The summed E-state index contributed by atoms with van der Waals surface area (Å²) in [6.07, 6.45) is 1.55. The first-order valence-electron chi connectivity index (χ1n) is 2.64. The molecular weight excluding hydrogens is 150 g/mol. The van der Waals surface area contributed by atoms with Crippen molar-refractivity contribution in [1.82, 2.24) is 0 Å².